The summed E-state index contributed by atoms with van der Waals surface area (Å²) >= 11 is 0. The highest BCUT2D eigenvalue weighted by molar-refractivity contribution is 5.73. The number of aromatic amines is 1. The van der Waals surface area contributed by atoms with Crippen LogP contribution >= 0.6 is 0 Å². The maximum Gasteiger partial charge on any atom is 0.490 e. The van der Waals surface area contributed by atoms with Crippen LogP contribution in [0.2, 0.25) is 0 Å². The smallest absolute Gasteiger partial charge is 0.475 e. The van der Waals surface area contributed by atoms with E-state index in [0.717, 1.165) is 42.5 Å². The normalized spacial score (nSPS) is 14.0. The largest absolute Gasteiger partial charge is 0.490 e. The number of nitrogens with zero attached hydrogens (tertiary/aromatic N) is 3. The van der Waals surface area contributed by atoms with Gasteiger partial charge in [-0.05, 0) is 42.7 Å². The summed E-state index contributed by atoms with van der Waals surface area (Å²) in [5, 5.41) is 7.12. The Labute approximate surface area is 183 Å². The Bertz CT molecular complexity index is 1090. The van der Waals surface area contributed by atoms with Crippen LogP contribution in [0.3, 0.4) is 0 Å². The number of rotatable bonds is 4. The highest BCUT2D eigenvalue weighted by atomic mass is 19.4. The number of alkyl halides is 3. The van der Waals surface area contributed by atoms with E-state index in [1.165, 1.54) is 16.7 Å². The van der Waals surface area contributed by atoms with Gasteiger partial charge in [0.15, 0.2) is 5.82 Å². The maximum atomic E-state index is 10.6. The zero-order valence-corrected chi connectivity index (χ0v) is 17.6. The fourth-order valence-corrected chi connectivity index (χ4v) is 3.21. The molecular weight excluding hydrogens is 421 g/mol. The van der Waals surface area contributed by atoms with Crippen molar-refractivity contribution in [2.45, 2.75) is 26.6 Å². The number of hydrogen-bond acceptors (Lipinski definition) is 4. The highest BCUT2D eigenvalue weighted by Gasteiger charge is 2.38. The first-order valence-corrected chi connectivity index (χ1v) is 9.89. The number of hydrogen-bond donors (Lipinski definition) is 2. The molecule has 32 heavy (non-hydrogen) atoms. The Hall–Kier alpha value is -3.46. The van der Waals surface area contributed by atoms with Crippen LogP contribution in [0.5, 0.6) is 0 Å². The number of carboxylic acids is 1. The number of nitrogens with one attached hydrogen (secondary N) is 1. The Balaban J connectivity index is 0.000000360. The van der Waals surface area contributed by atoms with Crippen LogP contribution in [0.4, 0.5) is 13.2 Å². The first-order chi connectivity index (χ1) is 15.1. The number of carbonyl (C=O) groups is 1. The summed E-state index contributed by atoms with van der Waals surface area (Å²) in [6, 6.07) is 14.9. The lowest BCUT2D eigenvalue weighted by atomic mass is 10.1. The molecule has 0 unspecified atom stereocenters. The number of aromatic nitrogens is 3. The van der Waals surface area contributed by atoms with Crippen LogP contribution < -0.4 is 0 Å². The lowest BCUT2D eigenvalue weighted by molar-refractivity contribution is -0.192. The van der Waals surface area contributed by atoms with Gasteiger partial charge in [-0.3, -0.25) is 9.88 Å². The van der Waals surface area contributed by atoms with Crippen molar-refractivity contribution in [1.82, 2.24) is 19.9 Å². The second kappa shape index (κ2) is 9.78. The van der Waals surface area contributed by atoms with Crippen molar-refractivity contribution >= 4 is 11.5 Å². The van der Waals surface area contributed by atoms with E-state index in [2.05, 4.69) is 68.4 Å². The van der Waals surface area contributed by atoms with Gasteiger partial charge >= 0.3 is 12.1 Å². The summed E-state index contributed by atoms with van der Waals surface area (Å²) < 4.78 is 31.7. The zero-order chi connectivity index (χ0) is 23.3. The number of aliphatic carboxylic acids is 1. The number of benzene rings is 1. The van der Waals surface area contributed by atoms with Crippen LogP contribution in [0.25, 0.3) is 17.1 Å². The van der Waals surface area contributed by atoms with Crippen LogP contribution in [-0.4, -0.2) is 50.2 Å². The molecule has 1 aliphatic rings. The first kappa shape index (κ1) is 23.2. The number of halogens is 3. The average molecular weight is 444 g/mol. The van der Waals surface area contributed by atoms with Crippen LogP contribution in [0.15, 0.2) is 54.7 Å². The van der Waals surface area contributed by atoms with E-state index in [1.807, 2.05) is 20.0 Å². The van der Waals surface area contributed by atoms with Gasteiger partial charge < -0.3 is 10.1 Å². The van der Waals surface area contributed by atoms with E-state index < -0.39 is 12.1 Å². The molecule has 0 aliphatic carbocycles. The SMILES string of the molecule is Cc1nc(-c2cc(C3=CCN(Cc4ccccc4)C3)ccn2)[nH]c1C.O=C(O)C(F)(F)F. The molecule has 2 aromatic heterocycles. The summed E-state index contributed by atoms with van der Waals surface area (Å²) in [5.41, 5.74) is 6.96. The Morgan fingerprint density at radius 3 is 2.47 bits per heavy atom. The van der Waals surface area contributed by atoms with Crippen LogP contribution in [0.1, 0.15) is 22.5 Å². The van der Waals surface area contributed by atoms with Gasteiger partial charge in [-0.15, -0.1) is 0 Å². The molecule has 2 N–H and O–H groups in total. The molecule has 0 radical (unpaired) electrons. The molecule has 0 atom stereocenters. The number of pyridine rings is 1. The minimum atomic E-state index is -5.08. The third-order valence-corrected chi connectivity index (χ3v) is 4.98. The van der Waals surface area contributed by atoms with Crippen molar-refractivity contribution in [2.24, 2.45) is 0 Å². The summed E-state index contributed by atoms with van der Waals surface area (Å²) in [5.74, 6) is -1.91. The van der Waals surface area contributed by atoms with E-state index in [1.54, 1.807) is 0 Å². The summed E-state index contributed by atoms with van der Waals surface area (Å²) in [6.07, 6.45) is -0.890. The third-order valence-electron chi connectivity index (χ3n) is 4.98. The summed E-state index contributed by atoms with van der Waals surface area (Å²) in [6.45, 7) is 6.99. The van der Waals surface area contributed by atoms with Gasteiger partial charge in [0.1, 0.15) is 5.69 Å². The van der Waals surface area contributed by atoms with Crippen LogP contribution in [0, 0.1) is 13.8 Å². The van der Waals surface area contributed by atoms with E-state index in [0.29, 0.717) is 0 Å². The minimum absolute atomic E-state index is 0.844. The number of aryl methyl sites for hydroxylation is 2. The van der Waals surface area contributed by atoms with Gasteiger partial charge in [-0.1, -0.05) is 36.4 Å². The van der Waals surface area contributed by atoms with Crippen LogP contribution in [-0.2, 0) is 11.3 Å². The molecule has 1 aromatic carbocycles. The fraction of sp³-hybridized carbons (Fsp3) is 0.261. The molecule has 168 valence electrons. The molecule has 9 heteroatoms. The summed E-state index contributed by atoms with van der Waals surface area (Å²) in [7, 11) is 0. The first-order valence-electron chi connectivity index (χ1n) is 9.89. The zero-order valence-electron chi connectivity index (χ0n) is 17.6. The molecular formula is C23H23F3N4O2. The number of H-pyrrole nitrogens is 1. The van der Waals surface area contributed by atoms with Gasteiger partial charge in [0.25, 0.3) is 0 Å². The number of imidazole rings is 1. The van der Waals surface area contributed by atoms with E-state index in [9.17, 15) is 13.2 Å². The average Bonchev–Trinajstić information content (AvgIpc) is 3.35. The lowest BCUT2D eigenvalue weighted by Gasteiger charge is -2.16. The minimum Gasteiger partial charge on any atom is -0.475 e. The van der Waals surface area contributed by atoms with E-state index >= 15 is 0 Å². The second-order valence-electron chi connectivity index (χ2n) is 7.41. The van der Waals surface area contributed by atoms with Crippen molar-refractivity contribution in [3.8, 4) is 11.5 Å². The van der Waals surface area contributed by atoms with Crippen molar-refractivity contribution in [1.29, 1.82) is 0 Å². The molecule has 0 spiro atoms. The second-order valence-corrected chi connectivity index (χ2v) is 7.41. The van der Waals surface area contributed by atoms with Crippen molar-refractivity contribution in [3.63, 3.8) is 0 Å². The lowest BCUT2D eigenvalue weighted by Crippen LogP contribution is -2.21. The van der Waals surface area contributed by atoms with Gasteiger partial charge in [0.05, 0.1) is 5.69 Å². The van der Waals surface area contributed by atoms with Gasteiger partial charge in [-0.2, -0.15) is 13.2 Å². The predicted molar refractivity (Wildman–Crippen MR) is 115 cm³/mol. The molecule has 0 bridgehead atoms. The molecule has 3 aromatic rings. The van der Waals surface area contributed by atoms with E-state index in [-0.39, 0.29) is 0 Å². The molecule has 3 heterocycles. The molecule has 6 nitrogen and oxygen atoms in total. The van der Waals surface area contributed by atoms with Crippen molar-refractivity contribution in [3.05, 3.63) is 77.3 Å². The summed E-state index contributed by atoms with van der Waals surface area (Å²) in [4.78, 5) is 23.7. The predicted octanol–water partition coefficient (Wildman–Crippen LogP) is 4.62. The van der Waals surface area contributed by atoms with Gasteiger partial charge in [-0.25, -0.2) is 9.78 Å². The van der Waals surface area contributed by atoms with Crippen molar-refractivity contribution in [2.75, 3.05) is 13.1 Å². The maximum absolute atomic E-state index is 10.6. The standard InChI is InChI=1S/C21H22N4.C2HF3O2/c1-15-16(2)24-21(23-15)20-12-18(8-10-22-20)19-9-11-25(14-19)13-17-6-4-3-5-7-17;3-2(4,5)1(6)7/h3-10,12H,11,13-14H2,1-2H3,(H,23,24);(H,6,7). The van der Waals surface area contributed by atoms with E-state index in [4.69, 9.17) is 9.90 Å². The molecule has 0 saturated heterocycles. The molecule has 0 saturated carbocycles. The Kier molecular flexibility index (Phi) is 7.09. The quantitative estimate of drug-likeness (QED) is 0.614. The molecule has 0 fully saturated rings. The monoisotopic (exact) mass is 444 g/mol. The topological polar surface area (TPSA) is 82.1 Å². The Morgan fingerprint density at radius 1 is 1.19 bits per heavy atom. The fourth-order valence-electron chi connectivity index (χ4n) is 3.21. The van der Waals surface area contributed by atoms with Gasteiger partial charge in [0.2, 0.25) is 0 Å². The Morgan fingerprint density at radius 2 is 1.88 bits per heavy atom. The molecule has 0 amide bonds. The number of carboxylic acid groups (broad SMARTS) is 1. The highest BCUT2D eigenvalue weighted by Crippen LogP contribution is 2.25. The van der Waals surface area contributed by atoms with Crippen molar-refractivity contribution < 1.29 is 23.1 Å². The van der Waals surface area contributed by atoms with Gasteiger partial charge in [0, 0.05) is 31.5 Å². The molecule has 1 aliphatic heterocycles. The third kappa shape index (κ3) is 6.04. The molecule has 4 rings (SSSR count).